The summed E-state index contributed by atoms with van der Waals surface area (Å²) in [7, 11) is 0. The van der Waals surface area contributed by atoms with Crippen LogP contribution in [0.25, 0.3) is 0 Å². The first kappa shape index (κ1) is 16.1. The largest absolute Gasteiger partial charge is 0.369 e. The highest BCUT2D eigenvalue weighted by Crippen LogP contribution is 2.34. The molecule has 2 nitrogen and oxygen atoms in total. The number of anilines is 1. The molecule has 1 N–H and O–H groups in total. The second kappa shape index (κ2) is 6.67. The third-order valence-electron chi connectivity index (χ3n) is 4.52. The highest BCUT2D eigenvalue weighted by atomic mass is 79.9. The molecule has 0 atom stereocenters. The van der Waals surface area contributed by atoms with Crippen molar-refractivity contribution in [3.63, 3.8) is 0 Å². The topological polar surface area (TPSA) is 15.3 Å². The Morgan fingerprint density at radius 2 is 2.05 bits per heavy atom. The average molecular weight is 360 g/mol. The molecule has 0 radical (unpaired) electrons. The van der Waals surface area contributed by atoms with Crippen molar-refractivity contribution in [1.29, 1.82) is 0 Å². The van der Waals surface area contributed by atoms with Crippen LogP contribution in [0, 0.1) is 6.92 Å². The molecule has 1 heterocycles. The number of nitrogens with one attached hydrogen (secondary N) is 1. The molecule has 1 aliphatic rings. The van der Waals surface area contributed by atoms with E-state index in [2.05, 4.69) is 52.1 Å². The molecule has 2 rings (SSSR count). The highest BCUT2D eigenvalue weighted by Gasteiger charge is 2.31. The van der Waals surface area contributed by atoms with Gasteiger partial charge in [-0.2, -0.15) is 0 Å². The van der Waals surface area contributed by atoms with Crippen LogP contribution in [0.2, 0.25) is 5.02 Å². The highest BCUT2D eigenvalue weighted by molar-refractivity contribution is 9.10. The van der Waals surface area contributed by atoms with E-state index in [0.717, 1.165) is 47.5 Å². The fraction of sp³-hybridized carbons (Fsp3) is 0.625. The minimum Gasteiger partial charge on any atom is -0.369 e. The second-order valence-corrected chi connectivity index (χ2v) is 7.00. The van der Waals surface area contributed by atoms with Gasteiger partial charge in [-0.1, -0.05) is 25.4 Å². The summed E-state index contributed by atoms with van der Waals surface area (Å²) in [5, 5.41) is 4.60. The molecule has 4 heteroatoms. The molecular weight excluding hydrogens is 336 g/mol. The Morgan fingerprint density at radius 3 is 2.70 bits per heavy atom. The van der Waals surface area contributed by atoms with Crippen LogP contribution in [0.1, 0.15) is 38.7 Å². The number of hydrogen-bond donors (Lipinski definition) is 1. The molecule has 0 bridgehead atoms. The Balaban J connectivity index is 2.33. The van der Waals surface area contributed by atoms with Crippen LogP contribution in [0.3, 0.4) is 0 Å². The quantitative estimate of drug-likeness (QED) is 0.836. The monoisotopic (exact) mass is 358 g/mol. The number of rotatable bonds is 3. The van der Waals surface area contributed by atoms with Crippen LogP contribution in [0.15, 0.2) is 16.6 Å². The summed E-state index contributed by atoms with van der Waals surface area (Å²) in [6.07, 6.45) is 3.47. The van der Waals surface area contributed by atoms with Crippen molar-refractivity contribution in [2.75, 3.05) is 24.5 Å². The summed E-state index contributed by atoms with van der Waals surface area (Å²) in [6.45, 7) is 9.80. The maximum absolute atomic E-state index is 6.32. The molecule has 0 aliphatic carbocycles. The van der Waals surface area contributed by atoms with Crippen LogP contribution < -0.4 is 10.2 Å². The molecule has 0 aromatic heterocycles. The summed E-state index contributed by atoms with van der Waals surface area (Å²) in [6, 6.07) is 4.22. The Bertz CT molecular complexity index is 472. The van der Waals surface area contributed by atoms with Gasteiger partial charge in [0.25, 0.3) is 0 Å². The maximum atomic E-state index is 6.32. The van der Waals surface area contributed by atoms with Crippen molar-refractivity contribution in [3.05, 3.63) is 27.2 Å². The molecule has 1 saturated heterocycles. The van der Waals surface area contributed by atoms with Crippen LogP contribution in [-0.4, -0.2) is 25.2 Å². The predicted molar refractivity (Wildman–Crippen MR) is 92.0 cm³/mol. The second-order valence-electron chi connectivity index (χ2n) is 5.74. The van der Waals surface area contributed by atoms with Gasteiger partial charge in [0.15, 0.2) is 0 Å². The van der Waals surface area contributed by atoms with Crippen LogP contribution in [0.4, 0.5) is 5.69 Å². The Hall–Kier alpha value is -0.250. The van der Waals surface area contributed by atoms with Gasteiger partial charge in [0.1, 0.15) is 0 Å². The molecule has 0 unspecified atom stereocenters. The number of aryl methyl sites for hydroxylation is 1. The molecule has 20 heavy (non-hydrogen) atoms. The first-order chi connectivity index (χ1) is 9.51. The fourth-order valence-corrected chi connectivity index (χ4v) is 3.80. The van der Waals surface area contributed by atoms with Gasteiger partial charge in [-0.3, -0.25) is 0 Å². The van der Waals surface area contributed by atoms with Crippen molar-refractivity contribution in [2.24, 2.45) is 0 Å². The van der Waals surface area contributed by atoms with E-state index in [-0.39, 0.29) is 5.54 Å². The van der Waals surface area contributed by atoms with Gasteiger partial charge in [0, 0.05) is 28.1 Å². The van der Waals surface area contributed by atoms with E-state index in [1.807, 2.05) is 6.92 Å². The summed E-state index contributed by atoms with van der Waals surface area (Å²) >= 11 is 10.0. The first-order valence-corrected chi connectivity index (χ1v) is 8.64. The molecule has 1 fully saturated rings. The van der Waals surface area contributed by atoms with Gasteiger partial charge >= 0.3 is 0 Å². The summed E-state index contributed by atoms with van der Waals surface area (Å²) in [5.74, 6) is 0. The minimum atomic E-state index is 0.216. The van der Waals surface area contributed by atoms with Gasteiger partial charge in [0.05, 0.1) is 5.69 Å². The molecule has 1 aromatic carbocycles. The lowest BCUT2D eigenvalue weighted by Gasteiger charge is -2.37. The SMILES string of the molecule is CCC1(CC)CN(c2cc(Cl)c(C)cc2Br)CCCN1. The molecule has 1 aliphatic heterocycles. The van der Waals surface area contributed by atoms with Crippen molar-refractivity contribution >= 4 is 33.2 Å². The molecule has 0 saturated carbocycles. The maximum Gasteiger partial charge on any atom is 0.0526 e. The lowest BCUT2D eigenvalue weighted by molar-refractivity contribution is 0.321. The smallest absolute Gasteiger partial charge is 0.0526 e. The van der Waals surface area contributed by atoms with Crippen LogP contribution in [-0.2, 0) is 0 Å². The third-order valence-corrected chi connectivity index (χ3v) is 5.56. The number of halogens is 2. The predicted octanol–water partition coefficient (Wildman–Crippen LogP) is 4.77. The minimum absolute atomic E-state index is 0.216. The molecular formula is C16H24BrClN2. The molecule has 1 aromatic rings. The summed E-state index contributed by atoms with van der Waals surface area (Å²) in [5.41, 5.74) is 2.55. The zero-order valence-corrected chi connectivity index (χ0v) is 14.9. The molecule has 0 spiro atoms. The van der Waals surface area contributed by atoms with Gasteiger partial charge in [-0.15, -0.1) is 0 Å². The lowest BCUT2D eigenvalue weighted by atomic mass is 9.92. The van der Waals surface area contributed by atoms with Gasteiger partial charge in [-0.25, -0.2) is 0 Å². The third kappa shape index (κ3) is 3.32. The van der Waals surface area contributed by atoms with Crippen LogP contribution >= 0.6 is 27.5 Å². The fourth-order valence-electron chi connectivity index (χ4n) is 2.93. The van der Waals surface area contributed by atoms with Crippen molar-refractivity contribution in [1.82, 2.24) is 5.32 Å². The van der Waals surface area contributed by atoms with E-state index in [4.69, 9.17) is 11.6 Å². The molecule has 0 amide bonds. The number of nitrogens with zero attached hydrogens (tertiary/aromatic N) is 1. The lowest BCUT2D eigenvalue weighted by Crippen LogP contribution is -2.50. The Morgan fingerprint density at radius 1 is 1.35 bits per heavy atom. The average Bonchev–Trinajstić information content (AvgIpc) is 2.66. The van der Waals surface area contributed by atoms with Gasteiger partial charge in [0.2, 0.25) is 0 Å². The zero-order chi connectivity index (χ0) is 14.8. The van der Waals surface area contributed by atoms with Gasteiger partial charge in [-0.05, 0) is 66.4 Å². The van der Waals surface area contributed by atoms with E-state index in [1.165, 1.54) is 12.1 Å². The zero-order valence-electron chi connectivity index (χ0n) is 12.6. The van der Waals surface area contributed by atoms with Gasteiger partial charge < -0.3 is 10.2 Å². The number of hydrogen-bond acceptors (Lipinski definition) is 2. The summed E-state index contributed by atoms with van der Waals surface area (Å²) in [4.78, 5) is 2.47. The van der Waals surface area contributed by atoms with Crippen molar-refractivity contribution in [3.8, 4) is 0 Å². The van der Waals surface area contributed by atoms with E-state index in [1.54, 1.807) is 0 Å². The van der Waals surface area contributed by atoms with E-state index in [9.17, 15) is 0 Å². The van der Waals surface area contributed by atoms with E-state index < -0.39 is 0 Å². The Kier molecular flexibility index (Phi) is 5.38. The Labute approximate surface area is 136 Å². The van der Waals surface area contributed by atoms with Crippen molar-refractivity contribution in [2.45, 2.75) is 45.6 Å². The normalized spacial score (nSPS) is 18.9. The molecule has 112 valence electrons. The van der Waals surface area contributed by atoms with Crippen LogP contribution in [0.5, 0.6) is 0 Å². The van der Waals surface area contributed by atoms with E-state index in [0.29, 0.717) is 0 Å². The van der Waals surface area contributed by atoms with E-state index >= 15 is 0 Å². The summed E-state index contributed by atoms with van der Waals surface area (Å²) < 4.78 is 1.14. The number of benzene rings is 1. The standard InChI is InChI=1S/C16H24BrClN2/c1-4-16(5-2)11-20(8-6-7-19-16)15-10-14(18)12(3)9-13(15)17/h9-10,19H,4-8,11H2,1-3H3. The van der Waals surface area contributed by atoms with Crippen molar-refractivity contribution < 1.29 is 0 Å². The first-order valence-electron chi connectivity index (χ1n) is 7.47.